The molecule has 0 unspecified atom stereocenters. The Morgan fingerprint density at radius 3 is 1.40 bits per heavy atom. The third-order valence-corrected chi connectivity index (χ3v) is 4.11. The number of rotatable bonds is 4. The lowest BCUT2D eigenvalue weighted by atomic mass is 9.69. The monoisotopic (exact) mass is 375 g/mol. The number of carboxylic acid groups (broad SMARTS) is 2. The maximum Gasteiger partial charge on any atom is 0.432 e. The van der Waals surface area contributed by atoms with Gasteiger partial charge >= 0.3 is 24.3 Å². The molecule has 0 aromatic heterocycles. The van der Waals surface area contributed by atoms with Crippen LogP contribution in [-0.4, -0.2) is 45.9 Å². The van der Waals surface area contributed by atoms with E-state index in [-0.39, 0.29) is 4.90 Å². The Hall–Kier alpha value is -2.20. The van der Waals surface area contributed by atoms with Crippen LogP contribution in [0.2, 0.25) is 0 Å². The summed E-state index contributed by atoms with van der Waals surface area (Å²) in [5, 5.41) is 18.5. The van der Waals surface area contributed by atoms with Crippen LogP contribution in [0.25, 0.3) is 0 Å². The summed E-state index contributed by atoms with van der Waals surface area (Å²) in [6, 6.07) is 0. The second-order valence-electron chi connectivity index (χ2n) is 5.48. The van der Waals surface area contributed by atoms with E-state index in [0.29, 0.717) is 0 Å². The van der Waals surface area contributed by atoms with E-state index >= 15 is 0 Å². The Morgan fingerprint density at radius 1 is 0.920 bits per heavy atom. The van der Waals surface area contributed by atoms with Crippen LogP contribution in [0.15, 0.2) is 22.5 Å². The highest BCUT2D eigenvalue weighted by Gasteiger charge is 2.59. The quantitative estimate of drug-likeness (QED) is 0.735. The maximum atomic E-state index is 13.5. The lowest BCUT2D eigenvalue weighted by Gasteiger charge is -2.44. The first-order valence-corrected chi connectivity index (χ1v) is 7.02. The molecule has 0 spiro atoms. The Morgan fingerprint density at radius 2 is 1.24 bits per heavy atom. The van der Waals surface area contributed by atoms with Gasteiger partial charge < -0.3 is 15.1 Å². The molecule has 0 amide bonds. The lowest BCUT2D eigenvalue weighted by molar-refractivity contribution is -0.150. The Balaban J connectivity index is 4.15. The first kappa shape index (κ1) is 20.8. The minimum Gasteiger partial charge on any atom is -0.478 e. The number of hydrogen-bond acceptors (Lipinski definition) is 3. The van der Waals surface area contributed by atoms with Crippen molar-refractivity contribution in [2.24, 2.45) is 5.41 Å². The largest absolute Gasteiger partial charge is 0.478 e. The van der Waals surface area contributed by atoms with Gasteiger partial charge in [-0.15, -0.1) is 0 Å². The van der Waals surface area contributed by atoms with Crippen molar-refractivity contribution in [1.82, 2.24) is 4.90 Å². The molecule has 1 aliphatic rings. The number of carboxylic acids is 2. The van der Waals surface area contributed by atoms with Gasteiger partial charge in [0.25, 0.3) is 0 Å². The Bertz CT molecular complexity index is 609. The second-order valence-corrected chi connectivity index (χ2v) is 5.48. The number of carbonyl (C=O) groups is 2. The third-order valence-electron chi connectivity index (χ3n) is 4.11. The molecular formula is C14H15F6NO4. The normalized spacial score (nSPS) is 18.7. The molecule has 0 saturated heterocycles. The topological polar surface area (TPSA) is 77.8 Å². The predicted molar refractivity (Wildman–Crippen MR) is 72.2 cm³/mol. The minimum atomic E-state index is -5.43. The van der Waals surface area contributed by atoms with Crippen molar-refractivity contribution >= 4 is 11.9 Å². The number of aliphatic carboxylic acids is 2. The van der Waals surface area contributed by atoms with E-state index in [9.17, 15) is 46.1 Å². The van der Waals surface area contributed by atoms with Crippen LogP contribution in [-0.2, 0) is 9.59 Å². The van der Waals surface area contributed by atoms with Gasteiger partial charge in [-0.2, -0.15) is 26.3 Å². The molecule has 0 aliphatic carbocycles. The van der Waals surface area contributed by atoms with Crippen LogP contribution >= 0.6 is 0 Å². The molecule has 142 valence electrons. The fraction of sp³-hybridized carbons (Fsp3) is 0.571. The van der Waals surface area contributed by atoms with Crippen LogP contribution in [0.4, 0.5) is 26.3 Å². The molecule has 1 aliphatic heterocycles. The average molecular weight is 375 g/mol. The predicted octanol–water partition coefficient (Wildman–Crippen LogP) is 3.54. The van der Waals surface area contributed by atoms with E-state index in [1.54, 1.807) is 0 Å². The van der Waals surface area contributed by atoms with Gasteiger partial charge in [-0.05, 0) is 13.3 Å². The standard InChI is InChI=1S/C14H15F6NO4/c1-4-12(3)6(10(22)23)8(13(15,16)17)21(5-2)9(14(18,19)20)7(12)11(24)25/h4-5H2,1-3H3,(H,22,23)(H,24,25). The van der Waals surface area contributed by atoms with Crippen LogP contribution in [0.5, 0.6) is 0 Å². The smallest absolute Gasteiger partial charge is 0.432 e. The molecular weight excluding hydrogens is 360 g/mol. The van der Waals surface area contributed by atoms with Crippen molar-refractivity contribution in [3.8, 4) is 0 Å². The number of halogens is 6. The van der Waals surface area contributed by atoms with Gasteiger partial charge in [0.05, 0.1) is 11.1 Å². The van der Waals surface area contributed by atoms with E-state index in [0.717, 1.165) is 20.8 Å². The van der Waals surface area contributed by atoms with E-state index in [1.165, 1.54) is 0 Å². The summed E-state index contributed by atoms with van der Waals surface area (Å²) in [5.74, 6) is -4.26. The van der Waals surface area contributed by atoms with Crippen LogP contribution in [0, 0.1) is 5.41 Å². The van der Waals surface area contributed by atoms with Gasteiger partial charge in [-0.3, -0.25) is 0 Å². The molecule has 11 heteroatoms. The molecule has 0 saturated carbocycles. The molecule has 5 nitrogen and oxygen atoms in total. The van der Waals surface area contributed by atoms with Crippen LogP contribution in [0.1, 0.15) is 27.2 Å². The van der Waals surface area contributed by atoms with Crippen LogP contribution in [0.3, 0.4) is 0 Å². The Kier molecular flexibility index (Phi) is 5.22. The number of nitrogens with zero attached hydrogens (tertiary/aromatic N) is 1. The van der Waals surface area contributed by atoms with Gasteiger partial charge in [-0.1, -0.05) is 13.8 Å². The zero-order valence-electron chi connectivity index (χ0n) is 13.3. The van der Waals surface area contributed by atoms with Gasteiger partial charge in [-0.25, -0.2) is 9.59 Å². The zero-order valence-corrected chi connectivity index (χ0v) is 13.3. The highest BCUT2D eigenvalue weighted by atomic mass is 19.4. The fourth-order valence-corrected chi connectivity index (χ4v) is 2.96. The SMILES string of the molecule is CCN1C(C(F)(F)F)=C(C(=O)O)C(C)(CC)C(C(=O)O)=C1C(F)(F)F. The minimum absolute atomic E-state index is 0.329. The highest BCUT2D eigenvalue weighted by Crippen LogP contribution is 2.53. The average Bonchev–Trinajstić information content (AvgIpc) is 2.42. The van der Waals surface area contributed by atoms with Crippen molar-refractivity contribution < 1.29 is 46.1 Å². The van der Waals surface area contributed by atoms with E-state index in [2.05, 4.69) is 0 Å². The molecule has 0 aromatic rings. The molecule has 0 radical (unpaired) electrons. The molecule has 2 N–H and O–H groups in total. The fourth-order valence-electron chi connectivity index (χ4n) is 2.96. The van der Waals surface area contributed by atoms with E-state index < -0.39 is 65.2 Å². The molecule has 0 atom stereocenters. The molecule has 0 aromatic carbocycles. The number of alkyl halides is 6. The number of allylic oxidation sites excluding steroid dienone is 2. The van der Waals surface area contributed by atoms with Crippen molar-refractivity contribution in [2.75, 3.05) is 6.54 Å². The summed E-state index contributed by atoms with van der Waals surface area (Å²) in [7, 11) is 0. The van der Waals surface area contributed by atoms with Gasteiger partial charge in [0.1, 0.15) is 11.4 Å². The van der Waals surface area contributed by atoms with Crippen molar-refractivity contribution in [3.05, 3.63) is 22.5 Å². The summed E-state index contributed by atoms with van der Waals surface area (Å²) in [6.45, 7) is 1.89. The summed E-state index contributed by atoms with van der Waals surface area (Å²) in [5.41, 5.74) is -9.35. The summed E-state index contributed by atoms with van der Waals surface area (Å²) < 4.78 is 80.7. The summed E-state index contributed by atoms with van der Waals surface area (Å²) >= 11 is 0. The van der Waals surface area contributed by atoms with Gasteiger partial charge in [0, 0.05) is 12.0 Å². The molecule has 0 fully saturated rings. The summed E-state index contributed by atoms with van der Waals surface area (Å²) in [4.78, 5) is 22.7. The zero-order chi connectivity index (χ0) is 20.0. The van der Waals surface area contributed by atoms with Crippen LogP contribution < -0.4 is 0 Å². The third kappa shape index (κ3) is 3.31. The molecule has 1 heterocycles. The van der Waals surface area contributed by atoms with Gasteiger partial charge in [0.2, 0.25) is 0 Å². The van der Waals surface area contributed by atoms with E-state index in [1.807, 2.05) is 0 Å². The van der Waals surface area contributed by atoms with Crippen molar-refractivity contribution in [2.45, 2.75) is 39.5 Å². The molecule has 25 heavy (non-hydrogen) atoms. The first-order chi connectivity index (χ1) is 11.1. The van der Waals surface area contributed by atoms with Gasteiger partial charge in [0.15, 0.2) is 0 Å². The summed E-state index contributed by atoms with van der Waals surface area (Å²) in [6.07, 6.45) is -11.5. The van der Waals surface area contributed by atoms with E-state index in [4.69, 9.17) is 0 Å². The molecule has 1 rings (SSSR count). The lowest BCUT2D eigenvalue weighted by Crippen LogP contribution is -2.49. The highest BCUT2D eigenvalue weighted by molar-refractivity contribution is 5.98. The molecule has 0 bridgehead atoms. The second kappa shape index (κ2) is 6.26. The first-order valence-electron chi connectivity index (χ1n) is 7.02. The van der Waals surface area contributed by atoms with Crippen molar-refractivity contribution in [3.63, 3.8) is 0 Å². The van der Waals surface area contributed by atoms with Crippen molar-refractivity contribution in [1.29, 1.82) is 0 Å². The number of hydrogen-bond donors (Lipinski definition) is 2. The Labute approximate surface area is 138 Å². The maximum absolute atomic E-state index is 13.5.